The van der Waals surface area contributed by atoms with Gasteiger partial charge in [-0.2, -0.15) is 5.10 Å². The second kappa shape index (κ2) is 5.05. The molecule has 0 saturated carbocycles. The Morgan fingerprint density at radius 3 is 2.80 bits per heavy atom. The Morgan fingerprint density at radius 2 is 2.15 bits per heavy atom. The van der Waals surface area contributed by atoms with Crippen LogP contribution in [-0.2, 0) is 0 Å². The minimum Gasteiger partial charge on any atom is -0.393 e. The van der Waals surface area contributed by atoms with Crippen LogP contribution in [0.5, 0.6) is 0 Å². The Labute approximate surface area is 119 Å². The van der Waals surface area contributed by atoms with Crippen molar-refractivity contribution in [3.8, 4) is 0 Å². The summed E-state index contributed by atoms with van der Waals surface area (Å²) in [4.78, 5) is 6.80. The highest BCUT2D eigenvalue weighted by molar-refractivity contribution is 5.69. The van der Waals surface area contributed by atoms with E-state index in [0.29, 0.717) is 11.8 Å². The molecular formula is C15H22N4O. The monoisotopic (exact) mass is 274 g/mol. The lowest BCUT2D eigenvalue weighted by Gasteiger charge is -2.19. The highest BCUT2D eigenvalue weighted by Crippen LogP contribution is 2.28. The van der Waals surface area contributed by atoms with E-state index in [9.17, 15) is 5.11 Å². The Morgan fingerprint density at radius 1 is 1.35 bits per heavy atom. The topological polar surface area (TPSA) is 53.7 Å². The molecule has 1 aliphatic heterocycles. The first-order valence-corrected chi connectivity index (χ1v) is 7.33. The van der Waals surface area contributed by atoms with Gasteiger partial charge in [0.15, 0.2) is 5.82 Å². The summed E-state index contributed by atoms with van der Waals surface area (Å²) in [6, 6.07) is 2.13. The van der Waals surface area contributed by atoms with Crippen LogP contribution in [0.15, 0.2) is 18.5 Å². The first-order valence-electron chi connectivity index (χ1n) is 7.33. The van der Waals surface area contributed by atoms with Gasteiger partial charge in [-0.25, -0.2) is 9.50 Å². The highest BCUT2D eigenvalue weighted by atomic mass is 16.3. The number of anilines is 1. The van der Waals surface area contributed by atoms with Crippen LogP contribution in [-0.4, -0.2) is 38.9 Å². The largest absolute Gasteiger partial charge is 0.393 e. The fourth-order valence-electron chi connectivity index (χ4n) is 2.83. The van der Waals surface area contributed by atoms with Crippen LogP contribution < -0.4 is 4.90 Å². The normalized spacial score (nSPS) is 21.1. The van der Waals surface area contributed by atoms with Crippen LogP contribution in [0.4, 0.5) is 5.82 Å². The molecule has 2 atom stereocenters. The van der Waals surface area contributed by atoms with Crippen molar-refractivity contribution in [2.45, 2.75) is 39.2 Å². The molecule has 20 heavy (non-hydrogen) atoms. The van der Waals surface area contributed by atoms with E-state index in [4.69, 9.17) is 0 Å². The average Bonchev–Trinajstić information content (AvgIpc) is 3.05. The fraction of sp³-hybridized carbons (Fsp3) is 0.600. The van der Waals surface area contributed by atoms with E-state index in [1.165, 1.54) is 0 Å². The van der Waals surface area contributed by atoms with Crippen molar-refractivity contribution in [3.63, 3.8) is 0 Å². The number of aliphatic hydroxyl groups excluding tert-OH is 1. The van der Waals surface area contributed by atoms with Crippen LogP contribution in [0.3, 0.4) is 0 Å². The molecule has 2 aromatic heterocycles. The minimum absolute atomic E-state index is 0.254. The summed E-state index contributed by atoms with van der Waals surface area (Å²) in [5, 5.41) is 14.3. The van der Waals surface area contributed by atoms with Crippen molar-refractivity contribution >= 4 is 11.3 Å². The van der Waals surface area contributed by atoms with E-state index in [-0.39, 0.29) is 6.10 Å². The van der Waals surface area contributed by atoms with E-state index in [0.717, 1.165) is 36.5 Å². The van der Waals surface area contributed by atoms with E-state index in [1.807, 2.05) is 17.6 Å². The fourth-order valence-corrected chi connectivity index (χ4v) is 2.83. The van der Waals surface area contributed by atoms with Crippen molar-refractivity contribution in [1.29, 1.82) is 0 Å². The maximum absolute atomic E-state index is 9.74. The second-order valence-corrected chi connectivity index (χ2v) is 6.04. The number of hydrogen-bond donors (Lipinski definition) is 1. The van der Waals surface area contributed by atoms with E-state index in [2.05, 4.69) is 34.9 Å². The molecule has 0 aromatic carbocycles. The van der Waals surface area contributed by atoms with Gasteiger partial charge in [0.2, 0.25) is 0 Å². The maximum atomic E-state index is 9.74. The Bertz CT molecular complexity index is 605. The van der Waals surface area contributed by atoms with Crippen molar-refractivity contribution in [3.05, 3.63) is 24.2 Å². The zero-order chi connectivity index (χ0) is 14.3. The Hall–Kier alpha value is -1.62. The van der Waals surface area contributed by atoms with E-state index in [1.54, 1.807) is 6.20 Å². The van der Waals surface area contributed by atoms with Gasteiger partial charge in [-0.3, -0.25) is 0 Å². The molecule has 1 fully saturated rings. The predicted molar refractivity (Wildman–Crippen MR) is 79.1 cm³/mol. The Balaban J connectivity index is 1.96. The molecule has 5 nitrogen and oxygen atoms in total. The standard InChI is InChI=1S/C15H22N4O/c1-10(2)13-8-14-15(16-5-7-19(14)17-13)18-6-4-12(9-18)11(3)20/h5,7-8,10-12,20H,4,6,9H2,1-3H3. The molecule has 3 heterocycles. The van der Waals surface area contributed by atoms with Gasteiger partial charge < -0.3 is 10.0 Å². The van der Waals surface area contributed by atoms with Crippen LogP contribution in [0.25, 0.3) is 5.52 Å². The second-order valence-electron chi connectivity index (χ2n) is 6.04. The summed E-state index contributed by atoms with van der Waals surface area (Å²) in [5.74, 6) is 1.73. The lowest BCUT2D eigenvalue weighted by Crippen LogP contribution is -2.25. The van der Waals surface area contributed by atoms with Gasteiger partial charge in [-0.05, 0) is 25.3 Å². The molecule has 1 saturated heterocycles. The summed E-state index contributed by atoms with van der Waals surface area (Å²) in [5.41, 5.74) is 2.15. The molecule has 2 aromatic rings. The van der Waals surface area contributed by atoms with Gasteiger partial charge in [-0.1, -0.05) is 13.8 Å². The minimum atomic E-state index is -0.254. The first kappa shape index (κ1) is 13.4. The van der Waals surface area contributed by atoms with Crippen LogP contribution in [0.2, 0.25) is 0 Å². The van der Waals surface area contributed by atoms with Crippen LogP contribution >= 0.6 is 0 Å². The molecule has 1 aliphatic rings. The third-order valence-corrected chi connectivity index (χ3v) is 4.19. The number of aromatic nitrogens is 3. The molecule has 2 unspecified atom stereocenters. The summed E-state index contributed by atoms with van der Waals surface area (Å²) >= 11 is 0. The van der Waals surface area contributed by atoms with Gasteiger partial charge in [0.05, 0.1) is 11.8 Å². The predicted octanol–water partition coefficient (Wildman–Crippen LogP) is 2.06. The molecule has 0 aliphatic carbocycles. The van der Waals surface area contributed by atoms with E-state index >= 15 is 0 Å². The van der Waals surface area contributed by atoms with Crippen molar-refractivity contribution in [1.82, 2.24) is 14.6 Å². The van der Waals surface area contributed by atoms with Gasteiger partial charge in [-0.15, -0.1) is 0 Å². The third kappa shape index (κ3) is 2.26. The molecule has 0 amide bonds. The summed E-state index contributed by atoms with van der Waals surface area (Å²) in [7, 11) is 0. The summed E-state index contributed by atoms with van der Waals surface area (Å²) in [6.07, 6.45) is 4.46. The SMILES string of the molecule is CC(C)c1cc2c(N3CCC(C(C)O)C3)nccn2n1. The number of nitrogens with zero attached hydrogens (tertiary/aromatic N) is 4. The molecule has 3 rings (SSSR count). The first-order chi connectivity index (χ1) is 9.56. The van der Waals surface area contributed by atoms with Crippen LogP contribution in [0.1, 0.15) is 38.8 Å². The lowest BCUT2D eigenvalue weighted by atomic mass is 10.0. The molecule has 5 heteroatoms. The maximum Gasteiger partial charge on any atom is 0.154 e. The third-order valence-electron chi connectivity index (χ3n) is 4.19. The van der Waals surface area contributed by atoms with Gasteiger partial charge in [0.25, 0.3) is 0 Å². The van der Waals surface area contributed by atoms with Gasteiger partial charge in [0.1, 0.15) is 5.52 Å². The van der Waals surface area contributed by atoms with Crippen molar-refractivity contribution in [2.75, 3.05) is 18.0 Å². The molecular weight excluding hydrogens is 252 g/mol. The van der Waals surface area contributed by atoms with Gasteiger partial charge >= 0.3 is 0 Å². The van der Waals surface area contributed by atoms with Gasteiger partial charge in [0, 0.05) is 31.4 Å². The highest BCUT2D eigenvalue weighted by Gasteiger charge is 2.28. The molecule has 108 valence electrons. The van der Waals surface area contributed by atoms with E-state index < -0.39 is 0 Å². The Kier molecular flexibility index (Phi) is 3.38. The number of hydrogen-bond acceptors (Lipinski definition) is 4. The smallest absolute Gasteiger partial charge is 0.154 e. The zero-order valence-corrected chi connectivity index (χ0v) is 12.3. The molecule has 0 bridgehead atoms. The van der Waals surface area contributed by atoms with Crippen molar-refractivity contribution in [2.24, 2.45) is 5.92 Å². The van der Waals surface area contributed by atoms with Crippen LogP contribution in [0, 0.1) is 5.92 Å². The molecule has 0 radical (unpaired) electrons. The number of fused-ring (bicyclic) bond motifs is 1. The van der Waals surface area contributed by atoms with Crippen molar-refractivity contribution < 1.29 is 5.11 Å². The summed E-state index contributed by atoms with van der Waals surface area (Å²) in [6.45, 7) is 7.98. The quantitative estimate of drug-likeness (QED) is 0.931. The molecule has 0 spiro atoms. The summed E-state index contributed by atoms with van der Waals surface area (Å²) < 4.78 is 1.91. The average molecular weight is 274 g/mol. The zero-order valence-electron chi connectivity index (χ0n) is 12.3. The molecule has 1 N–H and O–H groups in total. The lowest BCUT2D eigenvalue weighted by molar-refractivity contribution is 0.136. The number of aliphatic hydroxyl groups is 1. The number of rotatable bonds is 3.